The van der Waals surface area contributed by atoms with E-state index in [0.29, 0.717) is 24.0 Å². The molecule has 1 fully saturated rings. The Morgan fingerprint density at radius 2 is 1.66 bits per heavy atom. The van der Waals surface area contributed by atoms with Crippen molar-refractivity contribution >= 4 is 11.9 Å². The van der Waals surface area contributed by atoms with Crippen LogP contribution in [0.4, 0.5) is 5.95 Å². The largest absolute Gasteiger partial charge is 0.348 e. The van der Waals surface area contributed by atoms with Crippen molar-refractivity contribution in [2.75, 3.05) is 18.0 Å². The predicted molar refractivity (Wildman–Crippen MR) is 113 cm³/mol. The Kier molecular flexibility index (Phi) is 6.10. The first-order valence-corrected chi connectivity index (χ1v) is 10.1. The summed E-state index contributed by atoms with van der Waals surface area (Å²) in [4.78, 5) is 27.3. The number of piperidine rings is 1. The van der Waals surface area contributed by atoms with Crippen LogP contribution in [0.15, 0.2) is 67.3 Å². The predicted octanol–water partition coefficient (Wildman–Crippen LogP) is 3.26. The van der Waals surface area contributed by atoms with Gasteiger partial charge < -0.3 is 10.2 Å². The molecule has 4 rings (SSSR count). The summed E-state index contributed by atoms with van der Waals surface area (Å²) < 4.78 is 0. The summed E-state index contributed by atoms with van der Waals surface area (Å²) in [6, 6.07) is 14.4. The van der Waals surface area contributed by atoms with Gasteiger partial charge in [-0.05, 0) is 48.4 Å². The van der Waals surface area contributed by atoms with E-state index >= 15 is 0 Å². The summed E-state index contributed by atoms with van der Waals surface area (Å²) in [6.45, 7) is 2.36. The summed E-state index contributed by atoms with van der Waals surface area (Å²) in [5, 5.41) is 2.88. The van der Waals surface area contributed by atoms with Gasteiger partial charge in [0.25, 0.3) is 5.91 Å². The molecule has 148 valence electrons. The van der Waals surface area contributed by atoms with Crippen LogP contribution >= 0.6 is 0 Å². The Morgan fingerprint density at radius 3 is 2.34 bits per heavy atom. The first-order chi connectivity index (χ1) is 14.3. The number of rotatable bonds is 6. The molecule has 0 spiro atoms. The van der Waals surface area contributed by atoms with Crippen molar-refractivity contribution in [3.63, 3.8) is 0 Å². The van der Waals surface area contributed by atoms with Crippen molar-refractivity contribution < 1.29 is 4.79 Å². The molecule has 1 aliphatic rings. The van der Waals surface area contributed by atoms with Gasteiger partial charge in [-0.25, -0.2) is 9.97 Å². The second kappa shape index (κ2) is 9.28. The van der Waals surface area contributed by atoms with Gasteiger partial charge in [0, 0.05) is 44.4 Å². The van der Waals surface area contributed by atoms with Gasteiger partial charge in [0.15, 0.2) is 0 Å². The molecule has 0 saturated carbocycles. The highest BCUT2D eigenvalue weighted by molar-refractivity contribution is 5.93. The summed E-state index contributed by atoms with van der Waals surface area (Å²) in [6.07, 6.45) is 10.0. The Balaban J connectivity index is 1.27. The molecular weight excluding hydrogens is 362 g/mol. The number of pyridine rings is 1. The lowest BCUT2D eigenvalue weighted by atomic mass is 9.90. The summed E-state index contributed by atoms with van der Waals surface area (Å²) in [5.74, 6) is 1.23. The quantitative estimate of drug-likeness (QED) is 0.703. The highest BCUT2D eigenvalue weighted by Crippen LogP contribution is 2.23. The van der Waals surface area contributed by atoms with Gasteiger partial charge in [-0.15, -0.1) is 0 Å². The van der Waals surface area contributed by atoms with E-state index in [9.17, 15) is 4.79 Å². The number of carbonyl (C=O) groups excluding carboxylic acids is 1. The number of hydrogen-bond donors (Lipinski definition) is 1. The molecule has 29 heavy (non-hydrogen) atoms. The van der Waals surface area contributed by atoms with E-state index in [1.807, 2.05) is 12.1 Å². The van der Waals surface area contributed by atoms with Gasteiger partial charge in [0.05, 0.1) is 5.56 Å². The monoisotopic (exact) mass is 387 g/mol. The molecule has 2 aromatic heterocycles. The third kappa shape index (κ3) is 5.16. The molecule has 0 radical (unpaired) electrons. The number of anilines is 1. The summed E-state index contributed by atoms with van der Waals surface area (Å²) in [5.41, 5.74) is 2.88. The van der Waals surface area contributed by atoms with Gasteiger partial charge in [-0.1, -0.05) is 30.3 Å². The van der Waals surface area contributed by atoms with Crippen LogP contribution < -0.4 is 10.2 Å². The third-order valence-corrected chi connectivity index (χ3v) is 5.37. The second-order valence-electron chi connectivity index (χ2n) is 7.43. The lowest BCUT2D eigenvalue weighted by molar-refractivity contribution is 0.0950. The van der Waals surface area contributed by atoms with Gasteiger partial charge in [-0.2, -0.15) is 0 Å². The van der Waals surface area contributed by atoms with Crippen molar-refractivity contribution in [3.8, 4) is 0 Å². The maximum Gasteiger partial charge on any atom is 0.254 e. The number of amides is 1. The maximum absolute atomic E-state index is 12.3. The maximum atomic E-state index is 12.3. The SMILES string of the molecule is O=C(NCc1ccncc1)c1cnc(N2CCC(Cc3ccccc3)CC2)nc1. The molecule has 1 saturated heterocycles. The van der Waals surface area contributed by atoms with E-state index in [0.717, 1.165) is 37.9 Å². The molecule has 1 N–H and O–H groups in total. The average Bonchev–Trinajstić information content (AvgIpc) is 2.79. The smallest absolute Gasteiger partial charge is 0.254 e. The van der Waals surface area contributed by atoms with Crippen molar-refractivity contribution in [1.82, 2.24) is 20.3 Å². The fraction of sp³-hybridized carbons (Fsp3) is 0.304. The Morgan fingerprint density at radius 1 is 0.966 bits per heavy atom. The summed E-state index contributed by atoms with van der Waals surface area (Å²) in [7, 11) is 0. The van der Waals surface area contributed by atoms with Crippen molar-refractivity contribution in [2.24, 2.45) is 5.92 Å². The van der Waals surface area contributed by atoms with Gasteiger partial charge in [0.1, 0.15) is 0 Å². The topological polar surface area (TPSA) is 71.0 Å². The van der Waals surface area contributed by atoms with Gasteiger partial charge >= 0.3 is 0 Å². The number of nitrogens with one attached hydrogen (secondary N) is 1. The Labute approximate surface area is 171 Å². The van der Waals surface area contributed by atoms with Crippen LogP contribution in [-0.4, -0.2) is 33.9 Å². The minimum Gasteiger partial charge on any atom is -0.348 e. The summed E-state index contributed by atoms with van der Waals surface area (Å²) >= 11 is 0. The van der Waals surface area contributed by atoms with Crippen LogP contribution in [0.2, 0.25) is 0 Å². The molecule has 6 heteroatoms. The van der Waals surface area contributed by atoms with Gasteiger partial charge in [0.2, 0.25) is 5.95 Å². The van der Waals surface area contributed by atoms with E-state index in [4.69, 9.17) is 0 Å². The molecule has 0 aliphatic carbocycles. The van der Waals surface area contributed by atoms with Crippen LogP contribution in [0.25, 0.3) is 0 Å². The molecule has 3 aromatic rings. The van der Waals surface area contributed by atoms with Crippen molar-refractivity contribution in [3.05, 3.63) is 83.9 Å². The molecule has 0 atom stereocenters. The molecule has 0 bridgehead atoms. The highest BCUT2D eigenvalue weighted by Gasteiger charge is 2.21. The number of benzene rings is 1. The molecule has 1 amide bonds. The molecule has 6 nitrogen and oxygen atoms in total. The van der Waals surface area contributed by atoms with E-state index in [1.165, 1.54) is 5.56 Å². The van der Waals surface area contributed by atoms with E-state index in [2.05, 4.69) is 55.5 Å². The highest BCUT2D eigenvalue weighted by atomic mass is 16.1. The molecule has 1 aliphatic heterocycles. The van der Waals surface area contributed by atoms with Crippen molar-refractivity contribution in [1.29, 1.82) is 0 Å². The zero-order valence-corrected chi connectivity index (χ0v) is 16.4. The second-order valence-corrected chi connectivity index (χ2v) is 7.43. The van der Waals surface area contributed by atoms with E-state index < -0.39 is 0 Å². The standard InChI is InChI=1S/C23H25N5O/c29-22(25-15-20-6-10-24-11-7-20)21-16-26-23(27-17-21)28-12-8-19(9-13-28)14-18-4-2-1-3-5-18/h1-7,10-11,16-17,19H,8-9,12-15H2,(H,25,29). The third-order valence-electron chi connectivity index (χ3n) is 5.37. The lowest BCUT2D eigenvalue weighted by Crippen LogP contribution is -2.35. The normalized spacial score (nSPS) is 14.6. The van der Waals surface area contributed by atoms with Gasteiger partial charge in [-0.3, -0.25) is 9.78 Å². The fourth-order valence-corrected chi connectivity index (χ4v) is 3.67. The first kappa shape index (κ1) is 19.1. The first-order valence-electron chi connectivity index (χ1n) is 10.1. The minimum absolute atomic E-state index is 0.171. The van der Waals surface area contributed by atoms with Crippen LogP contribution in [0.3, 0.4) is 0 Å². The molecule has 0 unspecified atom stereocenters. The fourth-order valence-electron chi connectivity index (χ4n) is 3.67. The number of carbonyl (C=O) groups is 1. The Hall–Kier alpha value is -3.28. The zero-order valence-electron chi connectivity index (χ0n) is 16.4. The zero-order chi connectivity index (χ0) is 19.9. The molecule has 3 heterocycles. The average molecular weight is 387 g/mol. The molecular formula is C23H25N5O. The van der Waals surface area contributed by atoms with Crippen LogP contribution in [0.5, 0.6) is 0 Å². The number of nitrogens with zero attached hydrogens (tertiary/aromatic N) is 4. The van der Waals surface area contributed by atoms with Crippen LogP contribution in [-0.2, 0) is 13.0 Å². The van der Waals surface area contributed by atoms with Crippen LogP contribution in [0, 0.1) is 5.92 Å². The lowest BCUT2D eigenvalue weighted by Gasteiger charge is -2.32. The van der Waals surface area contributed by atoms with E-state index in [1.54, 1.807) is 24.8 Å². The van der Waals surface area contributed by atoms with Crippen LogP contribution in [0.1, 0.15) is 34.3 Å². The minimum atomic E-state index is -0.171. The Bertz CT molecular complexity index is 907. The number of aromatic nitrogens is 3. The number of hydrogen-bond acceptors (Lipinski definition) is 5. The van der Waals surface area contributed by atoms with E-state index in [-0.39, 0.29) is 5.91 Å². The molecule has 1 aromatic carbocycles. The van der Waals surface area contributed by atoms with Crippen molar-refractivity contribution in [2.45, 2.75) is 25.8 Å².